The van der Waals surface area contributed by atoms with Gasteiger partial charge in [-0.1, -0.05) is 31.2 Å². The first-order chi connectivity index (χ1) is 13.3. The average molecular weight is 388 g/mol. The fourth-order valence-electron chi connectivity index (χ4n) is 2.97. The zero-order valence-corrected chi connectivity index (χ0v) is 16.4. The van der Waals surface area contributed by atoms with Crippen molar-refractivity contribution in [3.63, 3.8) is 0 Å². The lowest BCUT2D eigenvalue weighted by Crippen LogP contribution is -2.50. The molecule has 1 N–H and O–H groups in total. The molecule has 0 saturated heterocycles. The molecule has 0 bridgehead atoms. The molecule has 0 aliphatic rings. The molecule has 2 aromatic carbocycles. The highest BCUT2D eigenvalue weighted by atomic mass is 19.1. The molecule has 2 rings (SSSR count). The van der Waals surface area contributed by atoms with Crippen LogP contribution < -0.4 is 5.32 Å². The van der Waals surface area contributed by atoms with E-state index in [1.807, 2.05) is 20.8 Å². The maximum absolute atomic E-state index is 13.2. The number of carbonyl (C=O) groups is 2. The maximum Gasteiger partial charge on any atom is 0.243 e. The van der Waals surface area contributed by atoms with Crippen molar-refractivity contribution in [1.29, 1.82) is 0 Å². The van der Waals surface area contributed by atoms with Gasteiger partial charge < -0.3 is 10.2 Å². The minimum atomic E-state index is -0.652. The summed E-state index contributed by atoms with van der Waals surface area (Å²) in [4.78, 5) is 27.2. The summed E-state index contributed by atoms with van der Waals surface area (Å²) in [7, 11) is 0. The van der Waals surface area contributed by atoms with Crippen molar-refractivity contribution in [2.75, 3.05) is 0 Å². The summed E-state index contributed by atoms with van der Waals surface area (Å²) < 4.78 is 26.4. The van der Waals surface area contributed by atoms with Gasteiger partial charge in [-0.3, -0.25) is 9.59 Å². The van der Waals surface area contributed by atoms with Crippen LogP contribution in [0.5, 0.6) is 0 Å². The monoisotopic (exact) mass is 388 g/mol. The van der Waals surface area contributed by atoms with Crippen molar-refractivity contribution in [2.45, 2.75) is 52.2 Å². The van der Waals surface area contributed by atoms with Crippen LogP contribution in [0, 0.1) is 11.6 Å². The Morgan fingerprint density at radius 1 is 0.929 bits per heavy atom. The normalized spacial score (nSPS) is 11.9. The summed E-state index contributed by atoms with van der Waals surface area (Å²) in [5.41, 5.74) is 1.39. The van der Waals surface area contributed by atoms with E-state index in [1.165, 1.54) is 29.2 Å². The molecule has 0 saturated carbocycles. The molecule has 4 nitrogen and oxygen atoms in total. The molecule has 0 heterocycles. The van der Waals surface area contributed by atoms with Gasteiger partial charge >= 0.3 is 0 Å². The van der Waals surface area contributed by atoms with Crippen LogP contribution in [0.25, 0.3) is 0 Å². The molecule has 0 aromatic heterocycles. The summed E-state index contributed by atoms with van der Waals surface area (Å²) in [5, 5.41) is 2.85. The summed E-state index contributed by atoms with van der Waals surface area (Å²) in [6, 6.07) is 10.9. The van der Waals surface area contributed by atoms with Crippen molar-refractivity contribution in [3.05, 3.63) is 71.3 Å². The first-order valence-electron chi connectivity index (χ1n) is 9.39. The first-order valence-corrected chi connectivity index (χ1v) is 9.39. The highest BCUT2D eigenvalue weighted by molar-refractivity contribution is 5.88. The Morgan fingerprint density at radius 3 is 1.89 bits per heavy atom. The highest BCUT2D eigenvalue weighted by Crippen LogP contribution is 2.15. The van der Waals surface area contributed by atoms with E-state index in [4.69, 9.17) is 0 Å². The van der Waals surface area contributed by atoms with Gasteiger partial charge in [-0.15, -0.1) is 0 Å². The molecule has 0 aliphatic heterocycles. The SMILES string of the molecule is CCC(C(=O)NC(C)C)N(Cc1ccc(F)cc1)C(=O)Cc1ccc(F)cc1. The van der Waals surface area contributed by atoms with E-state index in [2.05, 4.69) is 5.32 Å². The number of nitrogens with one attached hydrogen (secondary N) is 1. The van der Waals surface area contributed by atoms with Crippen LogP contribution in [0.3, 0.4) is 0 Å². The molecule has 28 heavy (non-hydrogen) atoms. The van der Waals surface area contributed by atoms with Crippen LogP contribution in [0.1, 0.15) is 38.3 Å². The Kier molecular flexibility index (Phi) is 7.67. The lowest BCUT2D eigenvalue weighted by atomic mass is 10.1. The molecule has 150 valence electrons. The first kappa shape index (κ1) is 21.5. The Bertz CT molecular complexity index is 789. The highest BCUT2D eigenvalue weighted by Gasteiger charge is 2.29. The molecular formula is C22H26F2N2O2. The third-order valence-electron chi connectivity index (χ3n) is 4.35. The zero-order valence-electron chi connectivity index (χ0n) is 16.4. The molecule has 0 radical (unpaired) electrons. The van der Waals surface area contributed by atoms with Crippen LogP contribution in [-0.4, -0.2) is 28.8 Å². The quantitative estimate of drug-likeness (QED) is 0.747. The standard InChI is InChI=1S/C22H26F2N2O2/c1-4-20(22(28)25-15(2)3)26(14-17-7-11-19(24)12-8-17)21(27)13-16-5-9-18(23)10-6-16/h5-12,15,20H,4,13-14H2,1-3H3,(H,25,28). The van der Waals surface area contributed by atoms with Crippen LogP contribution in [0.2, 0.25) is 0 Å². The lowest BCUT2D eigenvalue weighted by Gasteiger charge is -2.31. The van der Waals surface area contributed by atoms with Gasteiger partial charge in [0.2, 0.25) is 11.8 Å². The largest absolute Gasteiger partial charge is 0.352 e. The Morgan fingerprint density at radius 2 is 1.43 bits per heavy atom. The van der Waals surface area contributed by atoms with Crippen LogP contribution >= 0.6 is 0 Å². The number of hydrogen-bond acceptors (Lipinski definition) is 2. The number of benzene rings is 2. The number of amides is 2. The van der Waals surface area contributed by atoms with Crippen molar-refractivity contribution >= 4 is 11.8 Å². The van der Waals surface area contributed by atoms with Crippen LogP contribution in [0.4, 0.5) is 8.78 Å². The van der Waals surface area contributed by atoms with Gasteiger partial charge in [0.05, 0.1) is 6.42 Å². The number of nitrogens with zero attached hydrogens (tertiary/aromatic N) is 1. The fourth-order valence-corrected chi connectivity index (χ4v) is 2.97. The number of carbonyl (C=O) groups excluding carboxylic acids is 2. The third kappa shape index (κ3) is 6.15. The molecular weight excluding hydrogens is 362 g/mol. The van der Waals surface area contributed by atoms with E-state index in [9.17, 15) is 18.4 Å². The zero-order chi connectivity index (χ0) is 20.7. The van der Waals surface area contributed by atoms with Gasteiger partial charge in [0.15, 0.2) is 0 Å². The van der Waals surface area contributed by atoms with Gasteiger partial charge in [0, 0.05) is 12.6 Å². The molecule has 0 spiro atoms. The molecule has 0 aliphatic carbocycles. The molecule has 1 unspecified atom stereocenters. The van der Waals surface area contributed by atoms with Gasteiger partial charge in [0.1, 0.15) is 17.7 Å². The average Bonchev–Trinajstić information content (AvgIpc) is 2.64. The predicted octanol–water partition coefficient (Wildman–Crippen LogP) is 3.84. The van der Waals surface area contributed by atoms with E-state index in [0.717, 1.165) is 5.56 Å². The van der Waals surface area contributed by atoms with E-state index >= 15 is 0 Å². The van der Waals surface area contributed by atoms with Crippen molar-refractivity contribution < 1.29 is 18.4 Å². The van der Waals surface area contributed by atoms with E-state index in [0.29, 0.717) is 12.0 Å². The van der Waals surface area contributed by atoms with Gasteiger partial charge in [-0.25, -0.2) is 8.78 Å². The van der Waals surface area contributed by atoms with Gasteiger partial charge in [-0.05, 0) is 55.7 Å². The second kappa shape index (κ2) is 9.97. The second-order valence-corrected chi connectivity index (χ2v) is 7.04. The molecule has 2 amide bonds. The Labute approximate surface area is 164 Å². The molecule has 1 atom stereocenters. The summed E-state index contributed by atoms with van der Waals surface area (Å²) in [6.07, 6.45) is 0.488. The number of rotatable bonds is 8. The number of hydrogen-bond donors (Lipinski definition) is 1. The molecule has 6 heteroatoms. The summed E-state index contributed by atoms with van der Waals surface area (Å²) in [5.74, 6) is -1.21. The van der Waals surface area contributed by atoms with Gasteiger partial charge in [-0.2, -0.15) is 0 Å². The molecule has 0 fully saturated rings. The minimum Gasteiger partial charge on any atom is -0.352 e. The van der Waals surface area contributed by atoms with E-state index in [-0.39, 0.29) is 42.5 Å². The topological polar surface area (TPSA) is 49.4 Å². The minimum absolute atomic E-state index is 0.0485. The van der Waals surface area contributed by atoms with Crippen LogP contribution in [-0.2, 0) is 22.6 Å². The number of halogens is 2. The van der Waals surface area contributed by atoms with Crippen molar-refractivity contribution in [1.82, 2.24) is 10.2 Å². The van der Waals surface area contributed by atoms with E-state index < -0.39 is 6.04 Å². The smallest absolute Gasteiger partial charge is 0.243 e. The van der Waals surface area contributed by atoms with Crippen molar-refractivity contribution in [3.8, 4) is 0 Å². The third-order valence-corrected chi connectivity index (χ3v) is 4.35. The predicted molar refractivity (Wildman–Crippen MR) is 104 cm³/mol. The maximum atomic E-state index is 13.2. The van der Waals surface area contributed by atoms with Crippen LogP contribution in [0.15, 0.2) is 48.5 Å². The van der Waals surface area contributed by atoms with Gasteiger partial charge in [0.25, 0.3) is 0 Å². The summed E-state index contributed by atoms with van der Waals surface area (Å²) in [6.45, 7) is 5.74. The Balaban J connectivity index is 2.27. The second-order valence-electron chi connectivity index (χ2n) is 7.04. The lowest BCUT2D eigenvalue weighted by molar-refractivity contribution is -0.141. The van der Waals surface area contributed by atoms with E-state index in [1.54, 1.807) is 24.3 Å². The Hall–Kier alpha value is -2.76. The fraction of sp³-hybridized carbons (Fsp3) is 0.364. The summed E-state index contributed by atoms with van der Waals surface area (Å²) >= 11 is 0. The van der Waals surface area contributed by atoms with Crippen molar-refractivity contribution in [2.24, 2.45) is 0 Å². The molecule has 2 aromatic rings.